The number of nitrogens with one attached hydrogen (secondary N) is 4. The highest BCUT2D eigenvalue weighted by atomic mass is 35.5. The topological polar surface area (TPSA) is 154 Å². The van der Waals surface area contributed by atoms with Gasteiger partial charge in [-0.2, -0.15) is 0 Å². The number of amides is 2. The van der Waals surface area contributed by atoms with Gasteiger partial charge in [0.25, 0.3) is 0 Å². The highest BCUT2D eigenvalue weighted by Crippen LogP contribution is 2.41. The number of aromatic hydroxyl groups is 1. The molecule has 3 aromatic carbocycles. The van der Waals surface area contributed by atoms with Crippen molar-refractivity contribution in [3.63, 3.8) is 0 Å². The van der Waals surface area contributed by atoms with Crippen molar-refractivity contribution in [3.05, 3.63) is 118 Å². The number of rotatable bonds is 15. The van der Waals surface area contributed by atoms with E-state index in [2.05, 4.69) is 59.7 Å². The number of aromatic nitrogens is 1. The van der Waals surface area contributed by atoms with Crippen LogP contribution in [0.1, 0.15) is 51.7 Å². The van der Waals surface area contributed by atoms with Crippen molar-refractivity contribution in [3.8, 4) is 16.9 Å². The summed E-state index contributed by atoms with van der Waals surface area (Å²) in [6, 6.07) is 23.3. The second kappa shape index (κ2) is 19.6. The fraction of sp³-hybridized carbons (Fsp3) is 0.413. The van der Waals surface area contributed by atoms with Crippen LogP contribution in [0.15, 0.2) is 107 Å². The van der Waals surface area contributed by atoms with Gasteiger partial charge in [-0.05, 0) is 72.5 Å². The highest BCUT2D eigenvalue weighted by molar-refractivity contribution is 6.74. The van der Waals surface area contributed by atoms with E-state index in [-0.39, 0.29) is 34.8 Å². The van der Waals surface area contributed by atoms with Crippen molar-refractivity contribution in [2.24, 2.45) is 0 Å². The van der Waals surface area contributed by atoms with Gasteiger partial charge in [-0.25, -0.2) is 4.79 Å². The molecule has 326 valence electrons. The molecule has 2 heterocycles. The summed E-state index contributed by atoms with van der Waals surface area (Å²) >= 11 is 13.8. The summed E-state index contributed by atoms with van der Waals surface area (Å²) in [5.74, 6) is 0.300. The Kier molecular flexibility index (Phi) is 14.7. The summed E-state index contributed by atoms with van der Waals surface area (Å²) in [5, 5.41) is 20.6. The number of nitrogens with zero attached hydrogens (tertiary/aromatic N) is 1. The lowest BCUT2D eigenvalue weighted by Gasteiger charge is -2.40. The molecule has 0 saturated carbocycles. The minimum absolute atomic E-state index is 0.0182. The van der Waals surface area contributed by atoms with E-state index in [1.54, 1.807) is 31.4 Å². The summed E-state index contributed by atoms with van der Waals surface area (Å²) < 4.78 is 17.0. The molecule has 1 unspecified atom stereocenters. The molecule has 4 aromatic rings. The van der Waals surface area contributed by atoms with E-state index in [4.69, 9.17) is 37.1 Å². The van der Waals surface area contributed by atoms with Crippen LogP contribution in [0.4, 0.5) is 10.5 Å². The number of alkyl halides is 2. The van der Waals surface area contributed by atoms with Crippen LogP contribution in [-0.4, -0.2) is 91.6 Å². The third kappa shape index (κ3) is 11.6. The molecular formula is C46H57Cl2N5O7Si. The number of fused-ring (bicyclic) bond motifs is 1. The van der Waals surface area contributed by atoms with Gasteiger partial charge in [0.05, 0.1) is 30.5 Å². The van der Waals surface area contributed by atoms with Gasteiger partial charge in [0, 0.05) is 61.7 Å². The number of benzene rings is 3. The lowest BCUT2D eigenvalue weighted by Crippen LogP contribution is -2.47. The van der Waals surface area contributed by atoms with Gasteiger partial charge in [0.1, 0.15) is 17.6 Å². The van der Waals surface area contributed by atoms with Gasteiger partial charge in [-0.15, -0.1) is 0 Å². The minimum atomic E-state index is -2.30. The van der Waals surface area contributed by atoms with Crippen molar-refractivity contribution in [1.29, 1.82) is 0 Å². The summed E-state index contributed by atoms with van der Waals surface area (Å²) in [4.78, 5) is 43.2. The van der Waals surface area contributed by atoms with E-state index < -0.39 is 30.9 Å². The Morgan fingerprint density at radius 2 is 1.70 bits per heavy atom. The first-order valence-electron chi connectivity index (χ1n) is 20.7. The number of methoxy groups -OCH3 is 1. The Hall–Kier alpha value is -4.63. The average molecular weight is 891 g/mol. The molecule has 5 N–H and O–H groups in total. The number of hydrogen-bond acceptors (Lipinski definition) is 9. The number of aromatic amines is 1. The van der Waals surface area contributed by atoms with Crippen LogP contribution in [0.3, 0.4) is 0 Å². The molecule has 0 bridgehead atoms. The molecule has 15 heteroatoms. The number of ether oxygens (including phenoxy) is 2. The van der Waals surface area contributed by atoms with E-state index >= 15 is 0 Å². The van der Waals surface area contributed by atoms with Gasteiger partial charge >= 0.3 is 6.09 Å². The van der Waals surface area contributed by atoms with E-state index in [0.29, 0.717) is 73.5 Å². The third-order valence-corrected chi connectivity index (χ3v) is 17.0. The summed E-state index contributed by atoms with van der Waals surface area (Å²) in [5.41, 5.74) is 4.19. The first-order chi connectivity index (χ1) is 28.9. The van der Waals surface area contributed by atoms with Crippen molar-refractivity contribution in [1.82, 2.24) is 20.5 Å². The fourth-order valence-electron chi connectivity index (χ4n) is 7.37. The number of H-pyrrole nitrogens is 1. The van der Waals surface area contributed by atoms with Crippen LogP contribution in [0, 0.1) is 0 Å². The fourth-order valence-corrected chi connectivity index (χ4v) is 9.15. The van der Waals surface area contributed by atoms with Crippen LogP contribution in [0.2, 0.25) is 18.1 Å². The van der Waals surface area contributed by atoms with Crippen LogP contribution < -0.4 is 21.5 Å². The SMILES string of the molecule is COC1=CC(NC(=O)CCN2CCC(OC(=O)Nc3ccccc3-c3ccccc3)CC2)C(Cl)(Cl)C=C1CNC[C@H](O[Si](C)(C)C(C)(C)C)c1ccc(O)c2[nH]c(=O)ccc12. The Bertz CT molecular complexity index is 2300. The molecule has 2 amide bonds. The van der Waals surface area contributed by atoms with Gasteiger partial charge in [-0.1, -0.05) is 98.6 Å². The third-order valence-electron chi connectivity index (χ3n) is 11.8. The Labute approximate surface area is 368 Å². The number of anilines is 1. The Balaban J connectivity index is 1.00. The molecule has 0 spiro atoms. The first kappa shape index (κ1) is 45.9. The first-order valence-corrected chi connectivity index (χ1v) is 24.3. The highest BCUT2D eigenvalue weighted by Gasteiger charge is 2.41. The molecule has 1 fully saturated rings. The van der Waals surface area contributed by atoms with Gasteiger partial charge in [0.2, 0.25) is 11.5 Å². The largest absolute Gasteiger partial charge is 0.506 e. The molecule has 0 radical (unpaired) electrons. The zero-order chi connectivity index (χ0) is 44.0. The van der Waals surface area contributed by atoms with E-state index in [0.717, 1.165) is 16.7 Å². The number of para-hydroxylation sites is 1. The van der Waals surface area contributed by atoms with Crippen molar-refractivity contribution >= 4 is 60.1 Å². The molecular weight excluding hydrogens is 834 g/mol. The second-order valence-corrected chi connectivity index (χ2v) is 23.3. The van der Waals surface area contributed by atoms with E-state index in [1.807, 2.05) is 60.7 Å². The van der Waals surface area contributed by atoms with E-state index in [1.165, 1.54) is 6.07 Å². The lowest BCUT2D eigenvalue weighted by atomic mass is 9.99. The number of likely N-dealkylation sites (tertiary alicyclic amines) is 1. The Morgan fingerprint density at radius 1 is 1.00 bits per heavy atom. The van der Waals surface area contributed by atoms with Crippen LogP contribution in [0.5, 0.6) is 5.75 Å². The molecule has 1 aromatic heterocycles. The molecule has 1 aliphatic heterocycles. The molecule has 2 atom stereocenters. The Morgan fingerprint density at radius 3 is 2.41 bits per heavy atom. The monoisotopic (exact) mass is 889 g/mol. The van der Waals surface area contributed by atoms with Crippen molar-refractivity contribution < 1.29 is 28.6 Å². The number of halogens is 2. The molecule has 61 heavy (non-hydrogen) atoms. The minimum Gasteiger partial charge on any atom is -0.506 e. The normalized spacial score (nSPS) is 17.9. The predicted octanol–water partition coefficient (Wildman–Crippen LogP) is 8.79. The molecule has 12 nitrogen and oxygen atoms in total. The number of carbonyl (C=O) groups is 2. The zero-order valence-corrected chi connectivity index (χ0v) is 38.2. The molecule has 1 aliphatic carbocycles. The number of hydrogen-bond donors (Lipinski definition) is 5. The van der Waals surface area contributed by atoms with Gasteiger partial charge in [-0.3, -0.25) is 14.9 Å². The van der Waals surface area contributed by atoms with Gasteiger partial charge in [0.15, 0.2) is 12.7 Å². The quantitative estimate of drug-likeness (QED) is 0.0582. The average Bonchev–Trinajstić information content (AvgIpc) is 3.21. The maximum atomic E-state index is 13.2. The predicted molar refractivity (Wildman–Crippen MR) is 246 cm³/mol. The molecule has 2 aliphatic rings. The summed E-state index contributed by atoms with van der Waals surface area (Å²) in [7, 11) is -0.745. The number of pyridine rings is 1. The van der Waals surface area contributed by atoms with Crippen LogP contribution in [0.25, 0.3) is 22.0 Å². The molecule has 1 saturated heterocycles. The van der Waals surface area contributed by atoms with Crippen molar-refractivity contribution in [2.45, 2.75) is 80.7 Å². The number of carbonyl (C=O) groups excluding carboxylic acids is 2. The number of phenolic OH excluding ortho intramolecular Hbond substituents is 1. The maximum absolute atomic E-state index is 13.2. The van der Waals surface area contributed by atoms with Crippen LogP contribution in [-0.2, 0) is 18.7 Å². The second-order valence-electron chi connectivity index (χ2n) is 17.1. The summed E-state index contributed by atoms with van der Waals surface area (Å²) in [6.07, 6.45) is 3.82. The van der Waals surface area contributed by atoms with Gasteiger partial charge < -0.3 is 39.5 Å². The van der Waals surface area contributed by atoms with Crippen LogP contribution >= 0.6 is 23.2 Å². The smallest absolute Gasteiger partial charge is 0.411 e. The zero-order valence-electron chi connectivity index (χ0n) is 35.6. The standard InChI is InChI=1S/C46H57Cl2N5O7Si/c1-45(2,3)61(5,6)60-39(34-16-18-37(54)43-35(34)17-19-41(55)52-43)29-49-28-31-27-46(47,48)40(26-38(31)58-4)51-42(56)22-25-53-23-20-32(21-24-53)59-44(57)50-36-15-11-10-14-33(36)30-12-8-7-9-13-30/h7-19,26-27,32,39-40,49,54H,20-25,28-29H2,1-6H3,(H,50,57)(H,51,56)(H,52,55)/t39-,40?/m0/s1. The maximum Gasteiger partial charge on any atom is 0.411 e. The number of phenols is 1. The lowest BCUT2D eigenvalue weighted by molar-refractivity contribution is -0.122. The summed E-state index contributed by atoms with van der Waals surface area (Å²) in [6.45, 7) is 13.5. The number of piperidine rings is 1. The van der Waals surface area contributed by atoms with E-state index in [9.17, 15) is 19.5 Å². The van der Waals surface area contributed by atoms with Crippen molar-refractivity contribution in [2.75, 3.05) is 45.2 Å². The molecule has 6 rings (SSSR count).